The molecule has 1 heterocycles. The second kappa shape index (κ2) is 6.84. The van der Waals surface area contributed by atoms with Gasteiger partial charge >= 0.3 is 0 Å². The van der Waals surface area contributed by atoms with Gasteiger partial charge in [-0.2, -0.15) is 0 Å². The molecule has 0 N–H and O–H groups in total. The van der Waals surface area contributed by atoms with Crippen LogP contribution in [0.25, 0.3) is 0 Å². The van der Waals surface area contributed by atoms with Crippen LogP contribution in [-0.2, 0) is 15.0 Å². The molecule has 0 radical (unpaired) electrons. The third-order valence-corrected chi connectivity index (χ3v) is 5.70. The number of aryl methyl sites for hydroxylation is 1. The maximum absolute atomic E-state index is 13.6. The molecule has 2 aromatic carbocycles. The van der Waals surface area contributed by atoms with Crippen molar-refractivity contribution in [1.29, 1.82) is 0 Å². The molecule has 4 heteroatoms. The van der Waals surface area contributed by atoms with Crippen molar-refractivity contribution in [2.45, 2.75) is 39.5 Å². The lowest BCUT2D eigenvalue weighted by atomic mass is 9.72. The van der Waals surface area contributed by atoms with E-state index in [0.717, 1.165) is 27.0 Å². The van der Waals surface area contributed by atoms with Gasteiger partial charge in [0.05, 0.1) is 5.41 Å². The minimum atomic E-state index is -0.777. The van der Waals surface area contributed by atoms with E-state index in [1.807, 2.05) is 69.3 Å². The molecular weight excluding hydrogens is 390 g/mol. The van der Waals surface area contributed by atoms with Crippen LogP contribution >= 0.6 is 15.9 Å². The summed E-state index contributed by atoms with van der Waals surface area (Å²) < 4.78 is 0.945. The Kier molecular flexibility index (Phi) is 4.89. The summed E-state index contributed by atoms with van der Waals surface area (Å²) in [5, 5.41) is 0. The van der Waals surface area contributed by atoms with Crippen molar-refractivity contribution in [3.63, 3.8) is 0 Å². The molecule has 1 amide bonds. The number of hydrogen-bond donors (Lipinski definition) is 0. The van der Waals surface area contributed by atoms with Gasteiger partial charge in [-0.05, 0) is 63.9 Å². The summed E-state index contributed by atoms with van der Waals surface area (Å²) in [5.74, 6) is 0.00150. The summed E-state index contributed by atoms with van der Waals surface area (Å²) in [6, 6.07) is 15.6. The number of benzene rings is 2. The second-order valence-electron chi connectivity index (χ2n) is 7.11. The molecule has 0 fully saturated rings. The fourth-order valence-corrected chi connectivity index (χ4v) is 3.78. The van der Waals surface area contributed by atoms with Crippen LogP contribution < -0.4 is 4.90 Å². The summed E-state index contributed by atoms with van der Waals surface area (Å²) >= 11 is 3.43. The first-order valence-electron chi connectivity index (χ1n) is 8.62. The molecule has 0 spiro atoms. The normalized spacial score (nSPS) is 20.5. The van der Waals surface area contributed by atoms with Crippen molar-refractivity contribution in [3.8, 4) is 0 Å². The van der Waals surface area contributed by atoms with E-state index in [4.69, 9.17) is 0 Å². The van der Waals surface area contributed by atoms with E-state index in [0.29, 0.717) is 12.0 Å². The van der Waals surface area contributed by atoms with Gasteiger partial charge in [-0.25, -0.2) is 0 Å². The van der Waals surface area contributed by atoms with Crippen molar-refractivity contribution in [2.75, 3.05) is 4.90 Å². The lowest BCUT2D eigenvalue weighted by Gasteiger charge is -2.41. The molecule has 3 nitrogen and oxygen atoms in total. The van der Waals surface area contributed by atoms with Gasteiger partial charge in [-0.1, -0.05) is 45.8 Å². The highest BCUT2D eigenvalue weighted by molar-refractivity contribution is 9.10. The number of hydrogen-bond acceptors (Lipinski definition) is 2. The summed E-state index contributed by atoms with van der Waals surface area (Å²) in [4.78, 5) is 27.6. The minimum absolute atomic E-state index is 0.00817. The second-order valence-corrected chi connectivity index (χ2v) is 8.03. The van der Waals surface area contributed by atoms with Gasteiger partial charge in [0.2, 0.25) is 5.91 Å². The van der Waals surface area contributed by atoms with Crippen LogP contribution in [0.4, 0.5) is 5.69 Å². The molecule has 0 saturated carbocycles. The molecule has 2 aromatic rings. The van der Waals surface area contributed by atoms with Crippen LogP contribution in [0.2, 0.25) is 0 Å². The number of ketones is 1. The summed E-state index contributed by atoms with van der Waals surface area (Å²) in [7, 11) is 0. The van der Waals surface area contributed by atoms with Crippen LogP contribution in [0.3, 0.4) is 0 Å². The van der Waals surface area contributed by atoms with Gasteiger partial charge in [0.15, 0.2) is 5.78 Å². The number of amides is 1. The lowest BCUT2D eigenvalue weighted by molar-refractivity contribution is -0.124. The predicted molar refractivity (Wildman–Crippen MR) is 108 cm³/mol. The van der Waals surface area contributed by atoms with Gasteiger partial charge < -0.3 is 0 Å². The molecule has 26 heavy (non-hydrogen) atoms. The van der Waals surface area contributed by atoms with Crippen molar-refractivity contribution in [3.05, 3.63) is 75.4 Å². The summed E-state index contributed by atoms with van der Waals surface area (Å²) in [6.45, 7) is 7.38. The summed E-state index contributed by atoms with van der Waals surface area (Å²) in [6.07, 6.45) is 0.420. The molecule has 1 atom stereocenters. The predicted octanol–water partition coefficient (Wildman–Crippen LogP) is 5.32. The third-order valence-electron chi connectivity index (χ3n) is 5.18. The molecule has 0 saturated heterocycles. The average molecular weight is 412 g/mol. The minimum Gasteiger partial charge on any atom is -0.295 e. The largest absolute Gasteiger partial charge is 0.295 e. The van der Waals surface area contributed by atoms with E-state index in [1.165, 1.54) is 0 Å². The number of carbonyl (C=O) groups is 2. The number of Topliss-reactive ketones (excluding diaryl/α,β-unsaturated/α-hetero) is 1. The zero-order valence-electron chi connectivity index (χ0n) is 15.5. The maximum atomic E-state index is 13.6. The van der Waals surface area contributed by atoms with Crippen molar-refractivity contribution in [2.24, 2.45) is 0 Å². The molecule has 1 aliphatic heterocycles. The quantitative estimate of drug-likeness (QED) is 0.685. The Bertz CT molecular complexity index is 897. The molecular formula is C22H22BrNO2. The van der Waals surface area contributed by atoms with Crippen LogP contribution in [0.1, 0.15) is 38.3 Å². The van der Waals surface area contributed by atoms with E-state index in [2.05, 4.69) is 15.9 Å². The SMILES string of the molecule is CC(=O)C1=C(C)N(c2ccc(Br)cc2)C(=O)[C@@](C)(c2ccc(C)cc2)C1. The van der Waals surface area contributed by atoms with Gasteiger partial charge in [-0.15, -0.1) is 0 Å². The number of carbonyl (C=O) groups excluding carboxylic acids is 2. The van der Waals surface area contributed by atoms with Gasteiger partial charge in [0.25, 0.3) is 0 Å². The molecule has 1 aliphatic rings. The van der Waals surface area contributed by atoms with E-state index in [1.54, 1.807) is 11.8 Å². The Morgan fingerprint density at radius 3 is 2.15 bits per heavy atom. The van der Waals surface area contributed by atoms with E-state index >= 15 is 0 Å². The van der Waals surface area contributed by atoms with Gasteiger partial charge in [-0.3, -0.25) is 14.5 Å². The number of halogens is 1. The first-order valence-corrected chi connectivity index (χ1v) is 9.41. The summed E-state index contributed by atoms with van der Waals surface area (Å²) in [5.41, 5.74) is 3.49. The molecule has 0 bridgehead atoms. The zero-order valence-corrected chi connectivity index (χ0v) is 17.1. The molecule has 3 rings (SSSR count). The standard InChI is InChI=1S/C22H22BrNO2/c1-14-5-7-17(8-6-14)22(4)13-20(16(3)25)15(2)24(21(22)26)19-11-9-18(23)10-12-19/h5-12H,13H2,1-4H3/t22-/m1/s1. The highest BCUT2D eigenvalue weighted by Gasteiger charge is 2.45. The van der Waals surface area contributed by atoms with Crippen molar-refractivity contribution < 1.29 is 9.59 Å². The van der Waals surface area contributed by atoms with Crippen LogP contribution in [0.5, 0.6) is 0 Å². The lowest BCUT2D eigenvalue weighted by Crippen LogP contribution is -2.49. The Morgan fingerprint density at radius 2 is 1.62 bits per heavy atom. The highest BCUT2D eigenvalue weighted by Crippen LogP contribution is 2.41. The number of rotatable bonds is 3. The van der Waals surface area contributed by atoms with Crippen LogP contribution in [0, 0.1) is 6.92 Å². The van der Waals surface area contributed by atoms with Crippen LogP contribution in [-0.4, -0.2) is 11.7 Å². The maximum Gasteiger partial charge on any atom is 0.241 e. The topological polar surface area (TPSA) is 37.4 Å². The molecule has 134 valence electrons. The van der Waals surface area contributed by atoms with Crippen LogP contribution in [0.15, 0.2) is 64.3 Å². The zero-order chi connectivity index (χ0) is 19.1. The third kappa shape index (κ3) is 3.14. The molecule has 0 aliphatic carbocycles. The van der Waals surface area contributed by atoms with E-state index < -0.39 is 5.41 Å². The molecule has 0 unspecified atom stereocenters. The first-order chi connectivity index (χ1) is 12.2. The van der Waals surface area contributed by atoms with Crippen molar-refractivity contribution in [1.82, 2.24) is 0 Å². The first kappa shape index (κ1) is 18.6. The molecule has 0 aromatic heterocycles. The van der Waals surface area contributed by atoms with Gasteiger partial charge in [0, 0.05) is 21.4 Å². The monoisotopic (exact) mass is 411 g/mol. The number of allylic oxidation sites excluding steroid dienone is 2. The Hall–Kier alpha value is -2.20. The fourth-order valence-electron chi connectivity index (χ4n) is 3.52. The Balaban J connectivity index is 2.18. The van der Waals surface area contributed by atoms with Gasteiger partial charge in [0.1, 0.15) is 0 Å². The van der Waals surface area contributed by atoms with Crippen molar-refractivity contribution >= 4 is 33.3 Å². The highest BCUT2D eigenvalue weighted by atomic mass is 79.9. The van der Waals surface area contributed by atoms with E-state index in [-0.39, 0.29) is 11.7 Å². The van der Waals surface area contributed by atoms with E-state index in [9.17, 15) is 9.59 Å². The smallest absolute Gasteiger partial charge is 0.241 e. The number of anilines is 1. The average Bonchev–Trinajstić information content (AvgIpc) is 2.60. The number of nitrogens with zero attached hydrogens (tertiary/aromatic N) is 1. The fraction of sp³-hybridized carbons (Fsp3) is 0.273. The Morgan fingerprint density at radius 1 is 1.04 bits per heavy atom. The Labute approximate surface area is 162 Å².